The summed E-state index contributed by atoms with van der Waals surface area (Å²) >= 11 is 0.934. The molecule has 0 atom stereocenters. The maximum Gasteiger partial charge on any atom is 0.418 e. The molecule has 1 heterocycles. The van der Waals surface area contributed by atoms with E-state index < -0.39 is 29.3 Å². The number of halogens is 5. The monoisotopic (exact) mass is 490 g/mol. The fourth-order valence-electron chi connectivity index (χ4n) is 3.13. The van der Waals surface area contributed by atoms with E-state index in [1.54, 1.807) is 4.57 Å². The van der Waals surface area contributed by atoms with Crippen LogP contribution in [0.15, 0.2) is 78.0 Å². The van der Waals surface area contributed by atoms with E-state index in [2.05, 4.69) is 15.5 Å². The molecule has 0 saturated heterocycles. The minimum Gasteiger partial charge on any atom is -0.325 e. The van der Waals surface area contributed by atoms with Gasteiger partial charge >= 0.3 is 6.18 Å². The van der Waals surface area contributed by atoms with Crippen LogP contribution in [0.25, 0.3) is 17.1 Å². The average molecular weight is 490 g/mol. The van der Waals surface area contributed by atoms with Crippen LogP contribution >= 0.6 is 11.8 Å². The van der Waals surface area contributed by atoms with Crippen LogP contribution in [-0.4, -0.2) is 26.4 Å². The van der Waals surface area contributed by atoms with E-state index in [9.17, 15) is 26.7 Å². The molecule has 0 aliphatic rings. The van der Waals surface area contributed by atoms with Gasteiger partial charge in [0.15, 0.2) is 11.0 Å². The topological polar surface area (TPSA) is 59.8 Å². The minimum absolute atomic E-state index is 0.241. The molecule has 0 saturated carbocycles. The molecule has 174 valence electrons. The molecule has 0 spiro atoms. The number of carbonyl (C=O) groups excluding carboxylic acids is 1. The fraction of sp³-hybridized carbons (Fsp3) is 0.0870. The van der Waals surface area contributed by atoms with Gasteiger partial charge in [0.05, 0.1) is 17.0 Å². The molecule has 34 heavy (non-hydrogen) atoms. The van der Waals surface area contributed by atoms with Crippen LogP contribution in [-0.2, 0) is 11.0 Å². The van der Waals surface area contributed by atoms with Crippen LogP contribution in [0.2, 0.25) is 0 Å². The third-order valence-corrected chi connectivity index (χ3v) is 5.59. The highest BCUT2D eigenvalue weighted by Crippen LogP contribution is 2.35. The molecule has 0 fully saturated rings. The lowest BCUT2D eigenvalue weighted by atomic mass is 10.1. The van der Waals surface area contributed by atoms with Crippen molar-refractivity contribution in [1.29, 1.82) is 0 Å². The smallest absolute Gasteiger partial charge is 0.325 e. The van der Waals surface area contributed by atoms with E-state index in [1.807, 2.05) is 0 Å². The molecule has 0 aliphatic heterocycles. The van der Waals surface area contributed by atoms with Gasteiger partial charge in [-0.25, -0.2) is 8.78 Å². The van der Waals surface area contributed by atoms with E-state index >= 15 is 0 Å². The first-order valence-corrected chi connectivity index (χ1v) is 10.8. The summed E-state index contributed by atoms with van der Waals surface area (Å²) in [6, 6.07) is 15.6. The second kappa shape index (κ2) is 9.64. The summed E-state index contributed by atoms with van der Waals surface area (Å²) in [5.74, 6) is -1.54. The summed E-state index contributed by atoms with van der Waals surface area (Å²) in [7, 11) is 0. The molecule has 4 aromatic rings. The highest BCUT2D eigenvalue weighted by atomic mass is 32.2. The number of nitrogens with one attached hydrogen (secondary N) is 1. The van der Waals surface area contributed by atoms with Crippen LogP contribution < -0.4 is 5.32 Å². The lowest BCUT2D eigenvalue weighted by Gasteiger charge is -2.13. The van der Waals surface area contributed by atoms with E-state index in [0.29, 0.717) is 17.1 Å². The Bertz CT molecular complexity index is 1300. The quantitative estimate of drug-likeness (QED) is 0.268. The second-order valence-electron chi connectivity index (χ2n) is 7.01. The standard InChI is InChI=1S/C23H15F5N4OS/c24-15-7-5-14(6-8-15)21-30-31-22(32(21)17-11-9-16(25)10-12-17)34-13-20(33)29-19-4-2-1-3-18(19)23(26,27)28/h1-12H,13H2,(H,29,33). The van der Waals surface area contributed by atoms with Gasteiger partial charge in [0.2, 0.25) is 5.91 Å². The lowest BCUT2D eigenvalue weighted by Crippen LogP contribution is -2.18. The number of carbonyl (C=O) groups is 1. The molecule has 0 unspecified atom stereocenters. The van der Waals surface area contributed by atoms with Gasteiger partial charge in [0, 0.05) is 11.3 Å². The molecule has 11 heteroatoms. The molecule has 3 aromatic carbocycles. The van der Waals surface area contributed by atoms with Crippen molar-refractivity contribution in [3.8, 4) is 17.1 Å². The number of hydrogen-bond donors (Lipinski definition) is 1. The Morgan fingerprint density at radius 3 is 2.15 bits per heavy atom. The normalized spacial score (nSPS) is 11.4. The van der Waals surface area contributed by atoms with E-state index in [0.717, 1.165) is 17.8 Å². The van der Waals surface area contributed by atoms with Crippen LogP contribution in [0, 0.1) is 11.6 Å². The lowest BCUT2D eigenvalue weighted by molar-refractivity contribution is -0.137. The fourth-order valence-corrected chi connectivity index (χ4v) is 3.88. The largest absolute Gasteiger partial charge is 0.418 e. The van der Waals surface area contributed by atoms with E-state index in [4.69, 9.17) is 0 Å². The van der Waals surface area contributed by atoms with E-state index in [-0.39, 0.29) is 16.6 Å². The van der Waals surface area contributed by atoms with Crippen molar-refractivity contribution in [2.45, 2.75) is 11.3 Å². The number of rotatable bonds is 6. The first-order chi connectivity index (χ1) is 16.2. The molecule has 0 radical (unpaired) electrons. The number of thioether (sulfide) groups is 1. The number of amides is 1. The molecule has 0 aliphatic carbocycles. The predicted molar refractivity (Wildman–Crippen MR) is 118 cm³/mol. The van der Waals surface area contributed by atoms with Gasteiger partial charge in [-0.3, -0.25) is 9.36 Å². The Balaban J connectivity index is 1.60. The maximum absolute atomic E-state index is 13.5. The van der Waals surface area contributed by atoms with Gasteiger partial charge in [0.25, 0.3) is 0 Å². The van der Waals surface area contributed by atoms with Gasteiger partial charge in [-0.1, -0.05) is 23.9 Å². The average Bonchev–Trinajstić information content (AvgIpc) is 3.22. The predicted octanol–water partition coefficient (Wildman–Crippen LogP) is 5.96. The number of anilines is 1. The van der Waals surface area contributed by atoms with Gasteiger partial charge in [-0.05, 0) is 60.7 Å². The summed E-state index contributed by atoms with van der Waals surface area (Å²) in [5.41, 5.74) is -0.307. The number of benzene rings is 3. The van der Waals surface area contributed by atoms with Crippen LogP contribution in [0.5, 0.6) is 0 Å². The van der Waals surface area contributed by atoms with Crippen molar-refractivity contribution in [3.63, 3.8) is 0 Å². The Labute approximate surface area is 194 Å². The molecule has 0 bridgehead atoms. The van der Waals surface area contributed by atoms with Gasteiger partial charge in [0.1, 0.15) is 11.6 Å². The molecule has 5 nitrogen and oxygen atoms in total. The first-order valence-electron chi connectivity index (χ1n) is 9.78. The van der Waals surface area contributed by atoms with Crippen molar-refractivity contribution >= 4 is 23.4 Å². The van der Waals surface area contributed by atoms with Crippen molar-refractivity contribution in [3.05, 3.63) is 90.0 Å². The molecular formula is C23H15F5N4OS. The highest BCUT2D eigenvalue weighted by Gasteiger charge is 2.33. The minimum atomic E-state index is -4.62. The number of aromatic nitrogens is 3. The third kappa shape index (κ3) is 5.25. The summed E-state index contributed by atoms with van der Waals surface area (Å²) < 4.78 is 67.9. The molecule has 4 rings (SSSR count). The number of nitrogens with zero attached hydrogens (tertiary/aromatic N) is 3. The second-order valence-corrected chi connectivity index (χ2v) is 7.95. The number of para-hydroxylation sites is 1. The van der Waals surface area contributed by atoms with Crippen molar-refractivity contribution in [2.75, 3.05) is 11.1 Å². The third-order valence-electron chi connectivity index (χ3n) is 4.66. The Hall–Kier alpha value is -3.73. The summed E-state index contributed by atoms with van der Waals surface area (Å²) in [6.45, 7) is 0. The zero-order valence-corrected chi connectivity index (χ0v) is 18.0. The van der Waals surface area contributed by atoms with Gasteiger partial charge in [-0.15, -0.1) is 10.2 Å². The number of alkyl halides is 3. The van der Waals surface area contributed by atoms with Gasteiger partial charge < -0.3 is 5.32 Å². The van der Waals surface area contributed by atoms with Gasteiger partial charge in [-0.2, -0.15) is 13.2 Å². The van der Waals surface area contributed by atoms with Crippen LogP contribution in [0.3, 0.4) is 0 Å². The highest BCUT2D eigenvalue weighted by molar-refractivity contribution is 7.99. The zero-order valence-electron chi connectivity index (χ0n) is 17.2. The zero-order chi connectivity index (χ0) is 24.3. The maximum atomic E-state index is 13.5. The summed E-state index contributed by atoms with van der Waals surface area (Å²) in [4.78, 5) is 12.4. The number of hydrogen-bond acceptors (Lipinski definition) is 4. The van der Waals surface area contributed by atoms with Crippen molar-refractivity contribution in [2.24, 2.45) is 0 Å². The SMILES string of the molecule is O=C(CSc1nnc(-c2ccc(F)cc2)n1-c1ccc(F)cc1)Nc1ccccc1C(F)(F)F. The summed E-state index contributed by atoms with van der Waals surface area (Å²) in [6.07, 6.45) is -4.62. The van der Waals surface area contributed by atoms with E-state index in [1.165, 1.54) is 66.7 Å². The molecule has 1 amide bonds. The van der Waals surface area contributed by atoms with Crippen LogP contribution in [0.1, 0.15) is 5.56 Å². The summed E-state index contributed by atoms with van der Waals surface area (Å²) in [5, 5.41) is 10.7. The molecule has 1 N–H and O–H groups in total. The Kier molecular flexibility index (Phi) is 6.64. The van der Waals surface area contributed by atoms with Crippen molar-refractivity contribution in [1.82, 2.24) is 14.8 Å². The molecule has 1 aromatic heterocycles. The van der Waals surface area contributed by atoms with Crippen molar-refractivity contribution < 1.29 is 26.7 Å². The Morgan fingerprint density at radius 1 is 0.882 bits per heavy atom. The molecular weight excluding hydrogens is 475 g/mol. The van der Waals surface area contributed by atoms with Crippen LogP contribution in [0.4, 0.5) is 27.6 Å². The first kappa shape index (κ1) is 23.4. The Morgan fingerprint density at radius 2 is 1.50 bits per heavy atom.